The second-order valence-electron chi connectivity index (χ2n) is 3.84. The SMILES string of the molecule is [2H]c1nc2c(NC(C)C([2H])([2H])C([2H])([2H])CN)cc(OC)c([2H])c2c([2H])c1[2H]. The van der Waals surface area contributed by atoms with E-state index in [1.165, 1.54) is 20.1 Å². The molecule has 0 aliphatic heterocycles. The number of aromatic nitrogens is 1. The number of anilines is 1. The molecule has 3 N–H and O–H groups in total. The number of hydrogen-bond acceptors (Lipinski definition) is 4. The summed E-state index contributed by atoms with van der Waals surface area (Å²) in [5.41, 5.74) is 5.58. The van der Waals surface area contributed by atoms with E-state index in [2.05, 4.69) is 10.3 Å². The van der Waals surface area contributed by atoms with Gasteiger partial charge in [-0.05, 0) is 38.3 Å². The summed E-state index contributed by atoms with van der Waals surface area (Å²) in [6, 6.07) is -0.647. The first-order valence-electron chi connectivity index (χ1n) is 9.80. The van der Waals surface area contributed by atoms with Gasteiger partial charge in [-0.2, -0.15) is 0 Å². The molecule has 0 saturated heterocycles. The molecule has 0 radical (unpaired) electrons. The van der Waals surface area contributed by atoms with Gasteiger partial charge in [0.1, 0.15) is 5.75 Å². The topological polar surface area (TPSA) is 60.2 Å². The Kier molecular flexibility index (Phi) is 2.21. The van der Waals surface area contributed by atoms with Gasteiger partial charge in [-0.25, -0.2) is 0 Å². The van der Waals surface area contributed by atoms with Crippen LogP contribution >= 0.6 is 0 Å². The molecule has 1 aromatic carbocycles. The van der Waals surface area contributed by atoms with Gasteiger partial charge in [0.15, 0.2) is 0 Å². The van der Waals surface area contributed by atoms with Crippen molar-refractivity contribution in [3.8, 4) is 5.75 Å². The summed E-state index contributed by atoms with van der Waals surface area (Å²) in [6.45, 7) is 0.915. The second kappa shape index (κ2) is 6.38. The number of ether oxygens (including phenoxy) is 1. The molecule has 1 heterocycles. The number of nitrogens with zero attached hydrogens (tertiary/aromatic N) is 1. The highest BCUT2D eigenvalue weighted by Gasteiger charge is 2.08. The van der Waals surface area contributed by atoms with Crippen molar-refractivity contribution in [2.45, 2.75) is 25.7 Å². The number of methoxy groups -OCH3 is 1. The zero-order valence-corrected chi connectivity index (χ0v) is 10.8. The predicted molar refractivity (Wildman–Crippen MR) is 79.7 cm³/mol. The number of rotatable bonds is 6. The molecular formula is C15H21N3O. The van der Waals surface area contributed by atoms with Gasteiger partial charge >= 0.3 is 0 Å². The third-order valence-electron chi connectivity index (χ3n) is 2.44. The highest BCUT2D eigenvalue weighted by molar-refractivity contribution is 5.91. The minimum atomic E-state index is -2.36. The first-order valence-corrected chi connectivity index (χ1v) is 5.80. The van der Waals surface area contributed by atoms with Gasteiger partial charge in [0.2, 0.25) is 0 Å². The number of nitrogens with one attached hydrogen (secondary N) is 1. The average Bonchev–Trinajstić information content (AvgIpc) is 2.61. The van der Waals surface area contributed by atoms with E-state index < -0.39 is 37.5 Å². The molecule has 0 fully saturated rings. The van der Waals surface area contributed by atoms with E-state index in [9.17, 15) is 0 Å². The molecule has 19 heavy (non-hydrogen) atoms. The molecule has 2 aromatic rings. The largest absolute Gasteiger partial charge is 0.497 e. The highest BCUT2D eigenvalue weighted by Crippen LogP contribution is 2.28. The molecule has 1 unspecified atom stereocenters. The zero-order chi connectivity index (χ0) is 20.7. The maximum atomic E-state index is 8.17. The first kappa shape index (κ1) is 6.57. The van der Waals surface area contributed by atoms with E-state index >= 15 is 0 Å². The molecule has 102 valence electrons. The molecule has 0 amide bonds. The number of hydrogen-bond donors (Lipinski definition) is 2. The Balaban J connectivity index is 2.67. The fourth-order valence-electron chi connectivity index (χ4n) is 1.63. The molecule has 1 aromatic heterocycles. The van der Waals surface area contributed by atoms with E-state index in [0.29, 0.717) is 0 Å². The lowest BCUT2D eigenvalue weighted by Gasteiger charge is -2.17. The van der Waals surface area contributed by atoms with Crippen LogP contribution in [0.4, 0.5) is 5.69 Å². The Morgan fingerprint density at radius 1 is 1.63 bits per heavy atom. The molecule has 4 heteroatoms. The third-order valence-corrected chi connectivity index (χ3v) is 2.44. The summed E-state index contributed by atoms with van der Waals surface area (Å²) >= 11 is 0. The summed E-state index contributed by atoms with van der Waals surface area (Å²) in [5, 5.41) is 2.81. The number of benzene rings is 1. The van der Waals surface area contributed by atoms with Crippen molar-refractivity contribution in [3.63, 3.8) is 0 Å². The molecular weight excluding hydrogens is 238 g/mol. The van der Waals surface area contributed by atoms with Gasteiger partial charge in [-0.3, -0.25) is 4.98 Å². The third kappa shape index (κ3) is 3.35. The normalized spacial score (nSPS) is 19.9. The van der Waals surface area contributed by atoms with E-state index in [1.54, 1.807) is 0 Å². The van der Waals surface area contributed by atoms with Gasteiger partial charge < -0.3 is 15.8 Å². The van der Waals surface area contributed by atoms with Crippen molar-refractivity contribution in [2.24, 2.45) is 5.73 Å². The monoisotopic (exact) mass is 267 g/mol. The Bertz CT molecular complexity index is 874. The minimum absolute atomic E-state index is 0.00699. The van der Waals surface area contributed by atoms with Gasteiger partial charge in [0.05, 0.1) is 23.8 Å². The molecule has 0 spiro atoms. The van der Waals surface area contributed by atoms with Crippen LogP contribution < -0.4 is 15.8 Å². The summed E-state index contributed by atoms with van der Waals surface area (Å²) in [5.74, 6) is 0.0760. The predicted octanol–water partition coefficient (Wildman–Crippen LogP) is 2.78. The maximum Gasteiger partial charge on any atom is 0.121 e. The van der Waals surface area contributed by atoms with Crippen molar-refractivity contribution in [3.05, 3.63) is 30.4 Å². The van der Waals surface area contributed by atoms with Crippen molar-refractivity contribution in [1.82, 2.24) is 4.98 Å². The van der Waals surface area contributed by atoms with Crippen LogP contribution in [-0.4, -0.2) is 24.7 Å². The van der Waals surface area contributed by atoms with Crippen LogP contribution in [0.3, 0.4) is 0 Å². The van der Waals surface area contributed by atoms with E-state index in [4.69, 9.17) is 21.4 Å². The summed E-state index contributed by atoms with van der Waals surface area (Å²) < 4.78 is 68.7. The fourth-order valence-corrected chi connectivity index (χ4v) is 1.63. The van der Waals surface area contributed by atoms with E-state index in [1.807, 2.05) is 0 Å². The van der Waals surface area contributed by atoms with Crippen LogP contribution in [0.5, 0.6) is 5.75 Å². The van der Waals surface area contributed by atoms with E-state index in [0.717, 1.165) is 0 Å². The molecule has 2 rings (SSSR count). The Labute approximate surface area is 125 Å². The van der Waals surface area contributed by atoms with Crippen molar-refractivity contribution < 1.29 is 15.7 Å². The number of fused-ring (bicyclic) bond motifs is 1. The molecule has 4 nitrogen and oxygen atoms in total. The summed E-state index contributed by atoms with van der Waals surface area (Å²) in [4.78, 5) is 3.97. The Hall–Kier alpha value is -1.81. The Morgan fingerprint density at radius 2 is 2.47 bits per heavy atom. The lowest BCUT2D eigenvalue weighted by atomic mass is 10.1. The molecule has 0 bridgehead atoms. The lowest BCUT2D eigenvalue weighted by molar-refractivity contribution is 0.415. The summed E-state index contributed by atoms with van der Waals surface area (Å²) in [7, 11) is 1.33. The van der Waals surface area contributed by atoms with Gasteiger partial charge in [-0.15, -0.1) is 0 Å². The molecule has 0 aliphatic carbocycles. The minimum Gasteiger partial charge on any atom is -0.497 e. The van der Waals surface area contributed by atoms with Gasteiger partial charge in [0, 0.05) is 29.2 Å². The van der Waals surface area contributed by atoms with Crippen molar-refractivity contribution >= 4 is 16.6 Å². The smallest absolute Gasteiger partial charge is 0.121 e. The van der Waals surface area contributed by atoms with Crippen LogP contribution in [0.1, 0.15) is 30.6 Å². The second-order valence-corrected chi connectivity index (χ2v) is 3.84. The maximum absolute atomic E-state index is 8.17. The van der Waals surface area contributed by atoms with Crippen molar-refractivity contribution in [2.75, 3.05) is 19.0 Å². The fraction of sp³-hybridized carbons (Fsp3) is 0.400. The van der Waals surface area contributed by atoms with Crippen molar-refractivity contribution in [1.29, 1.82) is 0 Å². The van der Waals surface area contributed by atoms with E-state index in [-0.39, 0.29) is 34.4 Å². The van der Waals surface area contributed by atoms with Crippen LogP contribution in [0, 0.1) is 0 Å². The molecule has 0 saturated carbocycles. The van der Waals surface area contributed by atoms with Crippen LogP contribution in [0.15, 0.2) is 30.4 Å². The quantitative estimate of drug-likeness (QED) is 0.845. The first-order chi connectivity index (χ1) is 12.4. The molecule has 1 atom stereocenters. The van der Waals surface area contributed by atoms with Crippen LogP contribution in [0.2, 0.25) is 0 Å². The molecule has 0 aliphatic rings. The lowest BCUT2D eigenvalue weighted by Crippen LogP contribution is -2.17. The summed E-state index contributed by atoms with van der Waals surface area (Å²) in [6.07, 6.45) is -5.12. The Morgan fingerprint density at radius 3 is 3.21 bits per heavy atom. The zero-order valence-electron chi connectivity index (χ0n) is 18.8. The average molecular weight is 267 g/mol. The van der Waals surface area contributed by atoms with Gasteiger partial charge in [-0.1, -0.05) is 6.04 Å². The van der Waals surface area contributed by atoms with Gasteiger partial charge in [0.25, 0.3) is 0 Å². The van der Waals surface area contributed by atoms with Crippen LogP contribution in [-0.2, 0) is 0 Å². The van der Waals surface area contributed by atoms with Crippen LogP contribution in [0.25, 0.3) is 10.9 Å². The number of nitrogens with two attached hydrogens (primary N) is 1. The highest BCUT2D eigenvalue weighted by atomic mass is 16.5. The number of pyridine rings is 1. The standard InChI is InChI=1S/C15H21N3O/c1-11(5-3-7-16)18-14-10-13(19-2)9-12-6-4-8-17-15(12)14/h4,6,8-11,18H,3,5,7,16H2,1-2H3/i3D2,4D,5D2,6D,8D,9D.